The van der Waals surface area contributed by atoms with Gasteiger partial charge >= 0.3 is 16.4 Å². The van der Waals surface area contributed by atoms with E-state index in [9.17, 15) is 14.7 Å². The first kappa shape index (κ1) is 21.9. The Labute approximate surface area is 153 Å². The van der Waals surface area contributed by atoms with E-state index in [0.29, 0.717) is 12.2 Å². The van der Waals surface area contributed by atoms with Gasteiger partial charge in [0.2, 0.25) is 5.91 Å². The van der Waals surface area contributed by atoms with Gasteiger partial charge < -0.3 is 20.1 Å². The van der Waals surface area contributed by atoms with Crippen molar-refractivity contribution in [1.82, 2.24) is 15.2 Å². The molecular formula is C14H18N4O8S. The second kappa shape index (κ2) is 8.98. The normalized spacial score (nSPS) is 13.4. The summed E-state index contributed by atoms with van der Waals surface area (Å²) in [5.74, 6) is -0.605. The number of nitrogens with zero attached hydrogens (tertiary/aromatic N) is 1. The van der Waals surface area contributed by atoms with Crippen molar-refractivity contribution in [2.24, 2.45) is 0 Å². The molecule has 0 saturated carbocycles. The highest BCUT2D eigenvalue weighted by Crippen LogP contribution is 2.20. The molecule has 3 rings (SSSR count). The van der Waals surface area contributed by atoms with Crippen molar-refractivity contribution in [1.29, 1.82) is 5.41 Å². The van der Waals surface area contributed by atoms with E-state index in [2.05, 4.69) is 10.3 Å². The van der Waals surface area contributed by atoms with Crippen LogP contribution in [0.2, 0.25) is 0 Å². The molecule has 0 radical (unpaired) electrons. The van der Waals surface area contributed by atoms with Crippen LogP contribution in [0.15, 0.2) is 24.3 Å². The predicted octanol–water partition coefficient (Wildman–Crippen LogP) is -0.169. The van der Waals surface area contributed by atoms with Gasteiger partial charge in [-0.15, -0.1) is 0 Å². The van der Waals surface area contributed by atoms with E-state index >= 15 is 0 Å². The molecule has 12 nitrogen and oxygen atoms in total. The second-order valence-corrected chi connectivity index (χ2v) is 6.23. The van der Waals surface area contributed by atoms with Gasteiger partial charge in [0.05, 0.1) is 13.0 Å². The fourth-order valence-corrected chi connectivity index (χ4v) is 2.00. The molecule has 2 aromatic rings. The lowest BCUT2D eigenvalue weighted by molar-refractivity contribution is -0.136. The van der Waals surface area contributed by atoms with Gasteiger partial charge in [0.1, 0.15) is 5.75 Å². The van der Waals surface area contributed by atoms with Crippen molar-refractivity contribution in [3.63, 3.8) is 0 Å². The molecule has 0 bridgehead atoms. The fraction of sp³-hybridized carbons (Fsp3) is 0.214. The van der Waals surface area contributed by atoms with Crippen LogP contribution in [0.5, 0.6) is 5.75 Å². The van der Waals surface area contributed by atoms with Gasteiger partial charge in [-0.2, -0.15) is 8.42 Å². The number of aliphatic carboxylic acids is 1. The Bertz CT molecular complexity index is 945. The Hall–Kier alpha value is -3.16. The van der Waals surface area contributed by atoms with Gasteiger partial charge in [0.25, 0.3) is 0 Å². The van der Waals surface area contributed by atoms with Gasteiger partial charge in [-0.25, -0.2) is 0 Å². The zero-order valence-electron chi connectivity index (χ0n) is 14.0. The number of phenolic OH excluding ortho intramolecular Hbond substituents is 1. The second-order valence-electron chi connectivity index (χ2n) is 5.34. The molecule has 1 fully saturated rings. The Morgan fingerprint density at radius 1 is 1.30 bits per heavy atom. The number of benzene rings is 1. The maximum atomic E-state index is 10.4. The van der Waals surface area contributed by atoms with Gasteiger partial charge in [-0.1, -0.05) is 0 Å². The number of carbonyl (C=O) groups is 2. The van der Waals surface area contributed by atoms with E-state index in [4.69, 9.17) is 28.0 Å². The summed E-state index contributed by atoms with van der Waals surface area (Å²) < 4.78 is 31.6. The molecule has 27 heavy (non-hydrogen) atoms. The standard InChI is InChI=1S/C10H9NO3.C4H7N3O.H2O4S/c12-8-1-2-9-6(4-8)3-7(11-9)5-10(13)14;1-7-2-3(8)6-4(7)5;1-5(2,3)4/h1-4,11-12H,5H2,(H,13,14);2H2,1H3,(H2,5,6,8);(H2,1,2,3,4). The number of carboxylic acids is 1. The molecule has 1 aliphatic heterocycles. The molecular weight excluding hydrogens is 384 g/mol. The zero-order valence-corrected chi connectivity index (χ0v) is 14.8. The maximum Gasteiger partial charge on any atom is 0.394 e. The Balaban J connectivity index is 0.000000237. The number of hydrogen-bond acceptors (Lipinski definition) is 6. The molecule has 0 unspecified atom stereocenters. The van der Waals surface area contributed by atoms with Crippen molar-refractivity contribution < 1.29 is 37.3 Å². The van der Waals surface area contributed by atoms with E-state index in [1.54, 1.807) is 36.2 Å². The third-order valence-electron chi connectivity index (χ3n) is 3.02. The number of rotatable bonds is 2. The number of H-pyrrole nitrogens is 1. The molecule has 1 amide bonds. The van der Waals surface area contributed by atoms with Crippen LogP contribution in [0, 0.1) is 5.41 Å². The number of hydrogen-bond donors (Lipinski definition) is 7. The summed E-state index contributed by atoms with van der Waals surface area (Å²) in [5.41, 5.74) is 1.47. The lowest BCUT2D eigenvalue weighted by atomic mass is 10.2. The largest absolute Gasteiger partial charge is 0.508 e. The number of carboxylic acid groups (broad SMARTS) is 1. The molecule has 1 aliphatic rings. The van der Waals surface area contributed by atoms with Crippen LogP contribution < -0.4 is 5.32 Å². The monoisotopic (exact) mass is 402 g/mol. The lowest BCUT2D eigenvalue weighted by Gasteiger charge is -2.03. The number of fused-ring (bicyclic) bond motifs is 1. The van der Waals surface area contributed by atoms with E-state index in [1.807, 2.05) is 0 Å². The fourth-order valence-electron chi connectivity index (χ4n) is 2.00. The molecule has 7 N–H and O–H groups in total. The highest BCUT2D eigenvalue weighted by Gasteiger charge is 2.18. The summed E-state index contributed by atoms with van der Waals surface area (Å²) in [5, 5.41) is 27.9. The Kier molecular flexibility index (Phi) is 7.27. The zero-order chi connectivity index (χ0) is 20.8. The number of carbonyl (C=O) groups excluding carboxylic acids is 1. The maximum absolute atomic E-state index is 10.4. The van der Waals surface area contributed by atoms with Crippen LogP contribution in [0.25, 0.3) is 10.9 Å². The smallest absolute Gasteiger partial charge is 0.394 e. The minimum atomic E-state index is -4.67. The van der Waals surface area contributed by atoms with Gasteiger partial charge in [-0.3, -0.25) is 29.4 Å². The summed E-state index contributed by atoms with van der Waals surface area (Å²) in [6, 6.07) is 6.60. The minimum Gasteiger partial charge on any atom is -0.508 e. The van der Waals surface area contributed by atoms with E-state index in [-0.39, 0.29) is 24.0 Å². The average molecular weight is 402 g/mol. The summed E-state index contributed by atoms with van der Waals surface area (Å²) in [6.45, 7) is 0.318. The van der Waals surface area contributed by atoms with Crippen molar-refractivity contribution in [2.75, 3.05) is 13.6 Å². The highest BCUT2D eigenvalue weighted by molar-refractivity contribution is 7.79. The summed E-state index contributed by atoms with van der Waals surface area (Å²) in [6.07, 6.45) is -0.0323. The summed E-state index contributed by atoms with van der Waals surface area (Å²) in [4.78, 5) is 25.3. The molecule has 0 spiro atoms. The van der Waals surface area contributed by atoms with Gasteiger partial charge in [-0.05, 0) is 24.3 Å². The van der Waals surface area contributed by atoms with Gasteiger partial charge in [0, 0.05) is 23.6 Å². The number of phenols is 1. The first-order valence-corrected chi connectivity index (χ1v) is 8.56. The van der Waals surface area contributed by atoms with E-state index < -0.39 is 16.4 Å². The molecule has 0 atom stereocenters. The molecule has 0 aliphatic carbocycles. The molecule has 1 aromatic heterocycles. The molecule has 2 heterocycles. The number of aromatic amines is 1. The van der Waals surface area contributed by atoms with Crippen molar-refractivity contribution >= 4 is 39.1 Å². The van der Waals surface area contributed by atoms with Gasteiger partial charge in [0.15, 0.2) is 5.96 Å². The van der Waals surface area contributed by atoms with Crippen LogP contribution in [0.1, 0.15) is 5.69 Å². The SMILES string of the molecule is CN1CC(=O)NC1=N.O=C(O)Cc1cc2cc(O)ccc2[nH]1.O=S(=O)(O)O. The highest BCUT2D eigenvalue weighted by atomic mass is 32.3. The molecule has 1 saturated heterocycles. The van der Waals surface area contributed by atoms with Crippen LogP contribution >= 0.6 is 0 Å². The van der Waals surface area contributed by atoms with Crippen LogP contribution in [0.3, 0.4) is 0 Å². The third-order valence-corrected chi connectivity index (χ3v) is 3.02. The predicted molar refractivity (Wildman–Crippen MR) is 94.0 cm³/mol. The molecule has 13 heteroatoms. The quantitative estimate of drug-likeness (QED) is 0.332. The number of nitrogens with one attached hydrogen (secondary N) is 3. The number of likely N-dealkylation sites (N-methyl/N-ethyl adjacent to an activating group) is 1. The lowest BCUT2D eigenvalue weighted by Crippen LogP contribution is -2.25. The van der Waals surface area contributed by atoms with Crippen molar-refractivity contribution in [2.45, 2.75) is 6.42 Å². The van der Waals surface area contributed by atoms with Crippen LogP contribution in [-0.4, -0.2) is 69.0 Å². The first-order chi connectivity index (χ1) is 12.3. The van der Waals surface area contributed by atoms with Crippen LogP contribution in [0.4, 0.5) is 0 Å². The number of aromatic nitrogens is 1. The summed E-state index contributed by atoms with van der Waals surface area (Å²) >= 11 is 0. The van der Waals surface area contributed by atoms with E-state index in [1.165, 1.54) is 0 Å². The van der Waals surface area contributed by atoms with Crippen molar-refractivity contribution in [3.05, 3.63) is 30.0 Å². The van der Waals surface area contributed by atoms with Crippen LogP contribution in [-0.2, 0) is 26.4 Å². The summed E-state index contributed by atoms with van der Waals surface area (Å²) in [7, 11) is -2.97. The number of aromatic hydroxyl groups is 1. The third kappa shape index (κ3) is 8.66. The Morgan fingerprint density at radius 2 is 1.89 bits per heavy atom. The Morgan fingerprint density at radius 3 is 2.30 bits per heavy atom. The molecule has 1 aromatic carbocycles. The minimum absolute atomic E-state index is 0.0323. The topological polar surface area (TPSA) is 204 Å². The number of amides is 1. The van der Waals surface area contributed by atoms with E-state index in [0.717, 1.165) is 10.9 Å². The van der Waals surface area contributed by atoms with Crippen molar-refractivity contribution in [3.8, 4) is 5.75 Å². The first-order valence-electron chi connectivity index (χ1n) is 7.17. The average Bonchev–Trinajstić information content (AvgIpc) is 2.98. The number of guanidine groups is 1. The molecule has 148 valence electrons.